The van der Waals surface area contributed by atoms with E-state index in [1.807, 2.05) is 0 Å². The summed E-state index contributed by atoms with van der Waals surface area (Å²) < 4.78 is 46.1. The van der Waals surface area contributed by atoms with Crippen molar-refractivity contribution in [2.45, 2.75) is 25.0 Å². The molecule has 0 saturated carbocycles. The predicted octanol–water partition coefficient (Wildman–Crippen LogP) is 4.45. The summed E-state index contributed by atoms with van der Waals surface area (Å²) in [5.74, 6) is -0.708. The lowest BCUT2D eigenvalue weighted by Gasteiger charge is -2.18. The topological polar surface area (TPSA) is 80.2 Å². The normalized spacial score (nSPS) is 17.0. The molecule has 2 aromatic rings. The third kappa shape index (κ3) is 5.72. The number of alkyl halides is 3. The second kappa shape index (κ2) is 9.94. The van der Waals surface area contributed by atoms with E-state index in [1.54, 1.807) is 31.2 Å². The molecule has 3 rings (SSSR count). The lowest BCUT2D eigenvalue weighted by Crippen LogP contribution is -2.32. The van der Waals surface area contributed by atoms with Gasteiger partial charge in [-0.25, -0.2) is 4.90 Å². The van der Waals surface area contributed by atoms with E-state index in [9.17, 15) is 22.8 Å². The molecule has 1 aliphatic rings. The van der Waals surface area contributed by atoms with Crippen LogP contribution in [0.1, 0.15) is 13.3 Å². The van der Waals surface area contributed by atoms with E-state index in [4.69, 9.17) is 4.74 Å². The number of halogens is 3. The van der Waals surface area contributed by atoms with Crippen LogP contribution in [0.3, 0.4) is 0 Å². The van der Waals surface area contributed by atoms with Crippen molar-refractivity contribution in [1.82, 2.24) is 0 Å². The molecule has 0 bridgehead atoms. The van der Waals surface area contributed by atoms with Crippen molar-refractivity contribution in [2.75, 3.05) is 23.9 Å². The number of methoxy groups -OCH3 is 1. The van der Waals surface area contributed by atoms with Crippen LogP contribution in [0.2, 0.25) is 0 Å². The number of benzene rings is 2. The summed E-state index contributed by atoms with van der Waals surface area (Å²) in [7, 11) is 1.46. The number of hydrogen-bond donors (Lipinski definition) is 1. The lowest BCUT2D eigenvalue weighted by molar-refractivity contribution is -0.274. The summed E-state index contributed by atoms with van der Waals surface area (Å²) in [4.78, 5) is 31.0. The number of aliphatic imine (C=N–C) groups is 1. The van der Waals surface area contributed by atoms with Gasteiger partial charge in [-0.3, -0.25) is 14.6 Å². The summed E-state index contributed by atoms with van der Waals surface area (Å²) in [6.45, 7) is 2.20. The van der Waals surface area contributed by atoms with Gasteiger partial charge in [0, 0.05) is 18.7 Å². The molecule has 170 valence electrons. The molecule has 32 heavy (non-hydrogen) atoms. The van der Waals surface area contributed by atoms with Gasteiger partial charge < -0.3 is 14.8 Å². The second-order valence-electron chi connectivity index (χ2n) is 6.53. The Bertz CT molecular complexity index is 1010. The molecule has 1 fully saturated rings. The van der Waals surface area contributed by atoms with Gasteiger partial charge in [-0.05, 0) is 43.3 Å². The number of hydrogen-bond acceptors (Lipinski definition) is 6. The maximum absolute atomic E-state index is 13.0. The van der Waals surface area contributed by atoms with Crippen LogP contribution in [-0.2, 0) is 9.59 Å². The summed E-state index contributed by atoms with van der Waals surface area (Å²) in [6, 6.07) is 11.9. The van der Waals surface area contributed by atoms with Crippen molar-refractivity contribution in [3.8, 4) is 11.5 Å². The van der Waals surface area contributed by atoms with Gasteiger partial charge in [0.25, 0.3) is 0 Å². The van der Waals surface area contributed by atoms with Crippen molar-refractivity contribution < 1.29 is 32.2 Å². The number of rotatable bonds is 6. The molecule has 1 aliphatic heterocycles. The van der Waals surface area contributed by atoms with Gasteiger partial charge in [-0.15, -0.1) is 13.2 Å². The van der Waals surface area contributed by atoms with E-state index in [0.29, 0.717) is 28.8 Å². The van der Waals surface area contributed by atoms with E-state index >= 15 is 0 Å². The highest BCUT2D eigenvalue weighted by Gasteiger charge is 2.42. The first-order chi connectivity index (χ1) is 15.2. The molecule has 11 heteroatoms. The fourth-order valence-corrected chi connectivity index (χ4v) is 4.09. The lowest BCUT2D eigenvalue weighted by atomic mass is 10.2. The number of imide groups is 1. The summed E-state index contributed by atoms with van der Waals surface area (Å²) in [6.07, 6.45) is -4.80. The van der Waals surface area contributed by atoms with Gasteiger partial charge in [0.1, 0.15) is 16.7 Å². The van der Waals surface area contributed by atoms with Crippen molar-refractivity contribution in [3.63, 3.8) is 0 Å². The number of carbonyl (C=O) groups is 2. The van der Waals surface area contributed by atoms with Gasteiger partial charge >= 0.3 is 6.36 Å². The Labute approximate surface area is 186 Å². The highest BCUT2D eigenvalue weighted by molar-refractivity contribution is 8.15. The van der Waals surface area contributed by atoms with E-state index in [1.165, 1.54) is 19.2 Å². The molecule has 1 atom stereocenters. The van der Waals surface area contributed by atoms with Gasteiger partial charge in [-0.1, -0.05) is 23.9 Å². The van der Waals surface area contributed by atoms with Crippen LogP contribution >= 0.6 is 11.8 Å². The first-order valence-corrected chi connectivity index (χ1v) is 10.4. The zero-order valence-electron chi connectivity index (χ0n) is 17.2. The molecule has 0 radical (unpaired) electrons. The fraction of sp³-hybridized carbons (Fsp3) is 0.286. The monoisotopic (exact) mass is 467 g/mol. The van der Waals surface area contributed by atoms with Crippen LogP contribution in [0.5, 0.6) is 11.5 Å². The van der Waals surface area contributed by atoms with E-state index < -0.39 is 17.5 Å². The van der Waals surface area contributed by atoms with Crippen LogP contribution in [-0.4, -0.2) is 42.2 Å². The minimum Gasteiger partial charge on any atom is -0.495 e. The van der Waals surface area contributed by atoms with Crippen molar-refractivity contribution >= 4 is 40.1 Å². The molecule has 0 spiro atoms. The van der Waals surface area contributed by atoms with Crippen LogP contribution in [0.15, 0.2) is 53.5 Å². The number of anilines is 2. The number of amidine groups is 1. The van der Waals surface area contributed by atoms with E-state index in [-0.39, 0.29) is 18.1 Å². The number of nitrogens with zero attached hydrogens (tertiary/aromatic N) is 2. The Hall–Kier alpha value is -3.21. The highest BCUT2D eigenvalue weighted by atomic mass is 32.2. The van der Waals surface area contributed by atoms with Gasteiger partial charge in [0.05, 0.1) is 12.8 Å². The maximum Gasteiger partial charge on any atom is 0.573 e. The average molecular weight is 467 g/mol. The summed E-state index contributed by atoms with van der Waals surface area (Å²) >= 11 is 1.08. The zero-order chi connectivity index (χ0) is 23.3. The molecule has 0 aliphatic carbocycles. The molecule has 2 aromatic carbocycles. The largest absolute Gasteiger partial charge is 0.573 e. The van der Waals surface area contributed by atoms with Gasteiger partial charge in [0.2, 0.25) is 11.8 Å². The first kappa shape index (κ1) is 23.5. The van der Waals surface area contributed by atoms with Crippen LogP contribution in [0.25, 0.3) is 0 Å². The molecule has 7 nitrogen and oxygen atoms in total. The van der Waals surface area contributed by atoms with Crippen LogP contribution in [0, 0.1) is 0 Å². The Morgan fingerprint density at radius 1 is 1.19 bits per heavy atom. The quantitative estimate of drug-likeness (QED) is 0.384. The number of para-hydroxylation sites is 2. The van der Waals surface area contributed by atoms with Crippen LogP contribution in [0.4, 0.5) is 24.5 Å². The zero-order valence-corrected chi connectivity index (χ0v) is 18.0. The number of carbonyl (C=O) groups excluding carboxylic acids is 2. The van der Waals surface area contributed by atoms with E-state index in [0.717, 1.165) is 28.8 Å². The molecule has 0 unspecified atom stereocenters. The second-order valence-corrected chi connectivity index (χ2v) is 7.72. The average Bonchev–Trinajstić information content (AvgIpc) is 3.01. The molecule has 1 saturated heterocycles. The Balaban J connectivity index is 1.72. The molecular weight excluding hydrogens is 447 g/mol. The van der Waals surface area contributed by atoms with Gasteiger partial charge in [-0.2, -0.15) is 0 Å². The fourth-order valence-electron chi connectivity index (χ4n) is 3.01. The van der Waals surface area contributed by atoms with Gasteiger partial charge in [0.15, 0.2) is 5.17 Å². The summed E-state index contributed by atoms with van der Waals surface area (Å²) in [5.41, 5.74) is 0.827. The minimum absolute atomic E-state index is 0.0235. The predicted molar refractivity (Wildman–Crippen MR) is 116 cm³/mol. The molecule has 1 N–H and O–H groups in total. The van der Waals surface area contributed by atoms with Crippen LogP contribution < -0.4 is 19.7 Å². The maximum atomic E-state index is 13.0. The molecule has 1 heterocycles. The number of thioether (sulfide) groups is 1. The Morgan fingerprint density at radius 2 is 1.88 bits per heavy atom. The Kier molecular flexibility index (Phi) is 7.29. The third-order valence-electron chi connectivity index (χ3n) is 4.33. The number of amides is 2. The highest BCUT2D eigenvalue weighted by Crippen LogP contribution is 2.35. The third-order valence-corrected chi connectivity index (χ3v) is 5.43. The SMILES string of the molecule is CCN=C(Nc1ccc(OC(F)(F)F)cc1)S[C@H]1CC(=O)N(c2ccccc2OC)C1=O. The van der Waals surface area contributed by atoms with Crippen molar-refractivity contribution in [2.24, 2.45) is 4.99 Å². The Morgan fingerprint density at radius 3 is 2.50 bits per heavy atom. The molecule has 0 aromatic heterocycles. The van der Waals surface area contributed by atoms with Crippen molar-refractivity contribution in [1.29, 1.82) is 0 Å². The number of nitrogens with one attached hydrogen (secondary N) is 1. The number of ether oxygens (including phenoxy) is 2. The summed E-state index contributed by atoms with van der Waals surface area (Å²) in [5, 5.41) is 2.63. The first-order valence-electron chi connectivity index (χ1n) is 9.55. The molecule has 2 amide bonds. The van der Waals surface area contributed by atoms with Crippen molar-refractivity contribution in [3.05, 3.63) is 48.5 Å². The van der Waals surface area contributed by atoms with E-state index in [2.05, 4.69) is 15.0 Å². The smallest absolute Gasteiger partial charge is 0.495 e. The molecular formula is C21H20F3N3O4S. The standard InChI is InChI=1S/C21H20F3N3O4S/c1-3-25-20(26-13-8-10-14(11-9-13)31-21(22,23)24)32-17-12-18(28)27(19(17)29)15-6-4-5-7-16(15)30-2/h4-11,17H,3,12H2,1-2H3,(H,25,26)/t17-/m0/s1. The minimum atomic E-state index is -4.78.